The molecule has 0 fully saturated rings. The van der Waals surface area contributed by atoms with Gasteiger partial charge >= 0.3 is 0 Å². The van der Waals surface area contributed by atoms with Crippen LogP contribution in [0.15, 0.2) is 24.3 Å². The highest BCUT2D eigenvalue weighted by molar-refractivity contribution is 7.84. The van der Waals surface area contributed by atoms with Crippen molar-refractivity contribution in [3.63, 3.8) is 0 Å². The van der Waals surface area contributed by atoms with Gasteiger partial charge in [0.1, 0.15) is 0 Å². The summed E-state index contributed by atoms with van der Waals surface area (Å²) in [5.74, 6) is 1.30. The van der Waals surface area contributed by atoms with E-state index in [4.69, 9.17) is 11.6 Å². The molecule has 0 aliphatic rings. The first kappa shape index (κ1) is 13.7. The van der Waals surface area contributed by atoms with E-state index in [1.807, 2.05) is 24.3 Å². The number of benzene rings is 1. The van der Waals surface area contributed by atoms with E-state index in [1.165, 1.54) is 0 Å². The minimum Gasteiger partial charge on any atom is -0.314 e. The van der Waals surface area contributed by atoms with Gasteiger partial charge in [-0.05, 0) is 17.7 Å². The maximum absolute atomic E-state index is 11.7. The van der Waals surface area contributed by atoms with E-state index in [0.717, 1.165) is 17.1 Å². The predicted molar refractivity (Wildman–Crippen MR) is 71.3 cm³/mol. The predicted octanol–water partition coefficient (Wildman–Crippen LogP) is 2.59. The molecule has 4 heteroatoms. The molecule has 0 aromatic heterocycles. The van der Waals surface area contributed by atoms with Crippen molar-refractivity contribution < 1.29 is 4.21 Å². The number of nitrogens with one attached hydrogen (secondary N) is 1. The molecule has 0 saturated carbocycles. The minimum absolute atomic E-state index is 0.451. The average Bonchev–Trinajstić information content (AvgIpc) is 2.21. The number of hydrogen-bond donors (Lipinski definition) is 1. The molecule has 2 nitrogen and oxygen atoms in total. The van der Waals surface area contributed by atoms with Gasteiger partial charge in [0.15, 0.2) is 0 Å². The Bertz CT molecular complexity index is 337. The molecule has 0 aliphatic heterocycles. The molecule has 90 valence electrons. The second kappa shape index (κ2) is 7.05. The summed E-state index contributed by atoms with van der Waals surface area (Å²) < 4.78 is 11.7. The van der Waals surface area contributed by atoms with Crippen molar-refractivity contribution in [1.29, 1.82) is 0 Å². The molecule has 1 rings (SSSR count). The molecule has 16 heavy (non-hydrogen) atoms. The van der Waals surface area contributed by atoms with Gasteiger partial charge in [-0.1, -0.05) is 37.6 Å². The Labute approximate surface area is 105 Å². The molecule has 0 spiro atoms. The second-order valence-electron chi connectivity index (χ2n) is 4.02. The average molecular weight is 260 g/mol. The van der Waals surface area contributed by atoms with Gasteiger partial charge in [0.2, 0.25) is 0 Å². The lowest BCUT2D eigenvalue weighted by molar-refractivity contribution is 0.610. The Balaban J connectivity index is 2.31. The van der Waals surface area contributed by atoms with Crippen molar-refractivity contribution in [2.24, 2.45) is 0 Å². The van der Waals surface area contributed by atoms with Crippen LogP contribution < -0.4 is 5.32 Å². The van der Waals surface area contributed by atoms with Gasteiger partial charge in [0.05, 0.1) is 0 Å². The van der Waals surface area contributed by atoms with Crippen LogP contribution in [0.4, 0.5) is 0 Å². The number of rotatable bonds is 6. The highest BCUT2D eigenvalue weighted by Crippen LogP contribution is 2.10. The van der Waals surface area contributed by atoms with Crippen LogP contribution in [0.3, 0.4) is 0 Å². The van der Waals surface area contributed by atoms with E-state index in [1.54, 1.807) is 0 Å². The monoisotopic (exact) mass is 259 g/mol. The molecule has 1 aromatic carbocycles. The van der Waals surface area contributed by atoms with Gasteiger partial charge < -0.3 is 5.32 Å². The summed E-state index contributed by atoms with van der Waals surface area (Å²) in [6, 6.07) is 7.97. The summed E-state index contributed by atoms with van der Waals surface area (Å²) in [4.78, 5) is 0. The van der Waals surface area contributed by atoms with Gasteiger partial charge in [0, 0.05) is 39.9 Å². The van der Waals surface area contributed by atoms with Gasteiger partial charge in [-0.15, -0.1) is 0 Å². The molecule has 1 aromatic rings. The van der Waals surface area contributed by atoms with Crippen LogP contribution in [0.1, 0.15) is 19.4 Å². The normalized spacial score (nSPS) is 13.0. The zero-order chi connectivity index (χ0) is 12.0. The third kappa shape index (κ3) is 5.64. The van der Waals surface area contributed by atoms with Crippen LogP contribution in [0.2, 0.25) is 5.02 Å². The summed E-state index contributed by atoms with van der Waals surface area (Å²) in [6.45, 7) is 4.97. The molecule has 0 saturated heterocycles. The first-order valence-corrected chi connectivity index (χ1v) is 7.27. The fraction of sp³-hybridized carbons (Fsp3) is 0.500. The fourth-order valence-corrected chi connectivity index (χ4v) is 2.48. The Kier molecular flexibility index (Phi) is 6.03. The Morgan fingerprint density at radius 2 is 1.94 bits per heavy atom. The molecule has 1 atom stereocenters. The Morgan fingerprint density at radius 1 is 1.31 bits per heavy atom. The zero-order valence-corrected chi connectivity index (χ0v) is 11.3. The quantitative estimate of drug-likeness (QED) is 0.851. The van der Waals surface area contributed by atoms with Crippen LogP contribution in [0, 0.1) is 0 Å². The summed E-state index contributed by atoms with van der Waals surface area (Å²) in [7, 11) is -0.800. The summed E-state index contributed by atoms with van der Waals surface area (Å²) >= 11 is 5.78. The summed E-state index contributed by atoms with van der Waals surface area (Å²) in [5, 5.41) is 3.98. The molecule has 0 radical (unpaired) electrons. The summed E-state index contributed by atoms with van der Waals surface area (Å²) in [5.41, 5.74) is 1.08. The SMILES string of the molecule is CC(C)NCCS(=O)Cc1ccc(Cl)cc1. The third-order valence-electron chi connectivity index (χ3n) is 2.12. The maximum atomic E-state index is 11.7. The van der Waals surface area contributed by atoms with Crippen molar-refractivity contribution in [3.05, 3.63) is 34.9 Å². The van der Waals surface area contributed by atoms with Crippen molar-refractivity contribution in [2.45, 2.75) is 25.6 Å². The Hall–Kier alpha value is -0.380. The van der Waals surface area contributed by atoms with Gasteiger partial charge in [-0.2, -0.15) is 0 Å². The topological polar surface area (TPSA) is 29.1 Å². The van der Waals surface area contributed by atoms with E-state index in [2.05, 4.69) is 19.2 Å². The van der Waals surface area contributed by atoms with E-state index in [9.17, 15) is 4.21 Å². The molecular formula is C12H18ClNOS. The molecule has 0 amide bonds. The van der Waals surface area contributed by atoms with E-state index in [0.29, 0.717) is 17.5 Å². The van der Waals surface area contributed by atoms with E-state index in [-0.39, 0.29) is 0 Å². The minimum atomic E-state index is -0.800. The van der Waals surface area contributed by atoms with Crippen LogP contribution in [0.5, 0.6) is 0 Å². The van der Waals surface area contributed by atoms with Gasteiger partial charge in [0.25, 0.3) is 0 Å². The van der Waals surface area contributed by atoms with Crippen LogP contribution in [0.25, 0.3) is 0 Å². The van der Waals surface area contributed by atoms with Crippen molar-refractivity contribution in [3.8, 4) is 0 Å². The lowest BCUT2D eigenvalue weighted by Gasteiger charge is -2.07. The third-order valence-corrected chi connectivity index (χ3v) is 3.69. The first-order chi connectivity index (χ1) is 7.58. The molecule has 1 unspecified atom stereocenters. The van der Waals surface area contributed by atoms with Crippen molar-refractivity contribution in [1.82, 2.24) is 5.32 Å². The van der Waals surface area contributed by atoms with Gasteiger partial charge in [-0.25, -0.2) is 0 Å². The van der Waals surface area contributed by atoms with E-state index < -0.39 is 10.8 Å². The number of hydrogen-bond acceptors (Lipinski definition) is 2. The molecule has 1 N–H and O–H groups in total. The lowest BCUT2D eigenvalue weighted by atomic mass is 10.2. The van der Waals surface area contributed by atoms with Crippen LogP contribution in [-0.2, 0) is 16.6 Å². The smallest absolute Gasteiger partial charge is 0.0486 e. The molecular weight excluding hydrogens is 242 g/mol. The fourth-order valence-electron chi connectivity index (χ4n) is 1.30. The first-order valence-electron chi connectivity index (χ1n) is 5.40. The highest BCUT2D eigenvalue weighted by atomic mass is 35.5. The van der Waals surface area contributed by atoms with Crippen molar-refractivity contribution in [2.75, 3.05) is 12.3 Å². The zero-order valence-electron chi connectivity index (χ0n) is 9.70. The number of halogens is 1. The lowest BCUT2D eigenvalue weighted by Crippen LogP contribution is -2.27. The maximum Gasteiger partial charge on any atom is 0.0486 e. The van der Waals surface area contributed by atoms with Crippen LogP contribution in [-0.4, -0.2) is 22.5 Å². The molecule has 0 bridgehead atoms. The van der Waals surface area contributed by atoms with E-state index >= 15 is 0 Å². The standard InChI is InChI=1S/C12H18ClNOS/c1-10(2)14-7-8-16(15)9-11-3-5-12(13)6-4-11/h3-6,10,14H,7-9H2,1-2H3. The second-order valence-corrected chi connectivity index (χ2v) is 6.04. The van der Waals surface area contributed by atoms with Gasteiger partial charge in [-0.3, -0.25) is 4.21 Å². The Morgan fingerprint density at radius 3 is 2.50 bits per heavy atom. The summed E-state index contributed by atoms with van der Waals surface area (Å²) in [6.07, 6.45) is 0. The highest BCUT2D eigenvalue weighted by Gasteiger charge is 2.02. The molecule has 0 aliphatic carbocycles. The van der Waals surface area contributed by atoms with Crippen molar-refractivity contribution >= 4 is 22.4 Å². The molecule has 0 heterocycles. The van der Waals surface area contributed by atoms with Crippen LogP contribution >= 0.6 is 11.6 Å². The largest absolute Gasteiger partial charge is 0.314 e.